The van der Waals surface area contributed by atoms with Gasteiger partial charge in [0.15, 0.2) is 11.5 Å². The van der Waals surface area contributed by atoms with Gasteiger partial charge in [0, 0.05) is 53.5 Å². The predicted octanol–water partition coefficient (Wildman–Crippen LogP) is 3.23. The van der Waals surface area contributed by atoms with Crippen molar-refractivity contribution in [2.75, 3.05) is 51.9 Å². The van der Waals surface area contributed by atoms with Crippen LogP contribution in [0.15, 0.2) is 47.4 Å². The number of amides is 2. The second kappa shape index (κ2) is 12.4. The van der Waals surface area contributed by atoms with Crippen molar-refractivity contribution in [1.29, 1.82) is 0 Å². The average Bonchev–Trinajstić information content (AvgIpc) is 3.68. The molecule has 1 aliphatic carbocycles. The first kappa shape index (κ1) is 26.1. The fourth-order valence-electron chi connectivity index (χ4n) is 6.24. The van der Waals surface area contributed by atoms with Crippen LogP contribution >= 0.6 is 0 Å². The van der Waals surface area contributed by atoms with E-state index in [1.54, 1.807) is 29.2 Å². The number of fused-ring (bicyclic) bond motifs is 2. The van der Waals surface area contributed by atoms with Crippen LogP contribution in [0.2, 0.25) is 0 Å². The molecule has 46 heavy (non-hydrogen) atoms. The number of rotatable bonds is 6. The van der Waals surface area contributed by atoms with E-state index in [9.17, 15) is 14.4 Å². The van der Waals surface area contributed by atoms with Gasteiger partial charge >= 0.3 is 11.8 Å². The maximum Gasteiger partial charge on any atom is 0.407 e. The number of carbonyl (C=O) groups is 2. The van der Waals surface area contributed by atoms with Crippen molar-refractivity contribution in [3.63, 3.8) is 0 Å². The Kier molecular flexibility index (Phi) is 7.02. The van der Waals surface area contributed by atoms with Crippen molar-refractivity contribution in [1.82, 2.24) is 29.3 Å². The minimum Gasteiger partial charge on any atom is -0.486 e. The molecule has 2 atom stereocenters. The molecular weight excluding hydrogens is 594 g/mol. The summed E-state index contributed by atoms with van der Waals surface area (Å²) in [4.78, 5) is 50.1. The lowest BCUT2D eigenvalue weighted by Gasteiger charge is -2.27. The van der Waals surface area contributed by atoms with Crippen LogP contribution in [0.25, 0.3) is 22.3 Å². The van der Waals surface area contributed by atoms with E-state index < -0.39 is 18.8 Å². The molecule has 0 unspecified atom stereocenters. The minimum atomic E-state index is -2.76. The lowest BCUT2D eigenvalue weighted by atomic mass is 10.1. The van der Waals surface area contributed by atoms with E-state index >= 15 is 0 Å². The van der Waals surface area contributed by atoms with E-state index in [4.69, 9.17) is 28.0 Å². The number of imidazole rings is 1. The van der Waals surface area contributed by atoms with Crippen molar-refractivity contribution in [3.05, 3.63) is 58.6 Å². The van der Waals surface area contributed by atoms with E-state index in [0.29, 0.717) is 98.4 Å². The van der Waals surface area contributed by atoms with Crippen LogP contribution in [-0.2, 0) is 16.4 Å². The second-order valence-corrected chi connectivity index (χ2v) is 11.4. The molecule has 14 heteroatoms. The van der Waals surface area contributed by atoms with Gasteiger partial charge in [0.25, 0.3) is 5.91 Å². The Bertz CT molecular complexity index is 1970. The molecule has 240 valence electrons. The molecule has 5 heterocycles. The first-order valence-electron chi connectivity index (χ1n) is 16.6. The van der Waals surface area contributed by atoms with Gasteiger partial charge in [-0.3, -0.25) is 13.9 Å². The maximum absolute atomic E-state index is 13.7. The molecule has 2 aliphatic heterocycles. The van der Waals surface area contributed by atoms with E-state index in [-0.39, 0.29) is 29.3 Å². The third-order valence-electron chi connectivity index (χ3n) is 8.50. The van der Waals surface area contributed by atoms with Crippen LogP contribution in [0.4, 0.5) is 16.4 Å². The van der Waals surface area contributed by atoms with Crippen molar-refractivity contribution in [2.24, 2.45) is 6.98 Å². The van der Waals surface area contributed by atoms with Crippen molar-refractivity contribution >= 4 is 34.7 Å². The van der Waals surface area contributed by atoms with Crippen molar-refractivity contribution in [2.45, 2.75) is 31.3 Å². The van der Waals surface area contributed by atoms with Gasteiger partial charge in [-0.15, -0.1) is 0 Å². The summed E-state index contributed by atoms with van der Waals surface area (Å²) in [6, 6.07) is 9.77. The minimum absolute atomic E-state index is 0.140. The summed E-state index contributed by atoms with van der Waals surface area (Å²) in [6.07, 6.45) is 2.29. The molecule has 2 fully saturated rings. The fraction of sp³-hybridized carbons (Fsp3) is 0.406. The third kappa shape index (κ3) is 5.71. The number of aryl methyl sites for hydroxylation is 1. The lowest BCUT2D eigenvalue weighted by Crippen LogP contribution is -2.40. The van der Waals surface area contributed by atoms with Gasteiger partial charge in [-0.25, -0.2) is 19.6 Å². The Morgan fingerprint density at radius 1 is 1.00 bits per heavy atom. The number of aromatic nitrogens is 4. The molecule has 1 aromatic carbocycles. The standard InChI is InChI=1S/C32H35N7O7/c1-37-25-18-33-28(17-24(25)39(32(37)42)22-5-4-21(16-22)34-31(41)43-2)36-29-15-20(30(40)38-7-9-44-10-8-38)13-23(35-29)19-3-6-26-27(14-19)46-12-11-45-26/h3,6,13-15,17-18,21-22H,4-5,7-12,16H2,1-2H3,(H,34,41)(H,33,35,36)/t21-,22-/m1/s1/i1D3. The van der Waals surface area contributed by atoms with Gasteiger partial charge in [0.05, 0.1) is 43.2 Å². The zero-order chi connectivity index (χ0) is 34.3. The van der Waals surface area contributed by atoms with Crippen LogP contribution in [-0.4, -0.2) is 88.7 Å². The number of ether oxygens (including phenoxy) is 4. The zero-order valence-electron chi connectivity index (χ0n) is 28.2. The Balaban J connectivity index is 1.27. The predicted molar refractivity (Wildman–Crippen MR) is 168 cm³/mol. The molecule has 2 amide bonds. The number of hydrogen-bond donors (Lipinski definition) is 2. The van der Waals surface area contributed by atoms with Gasteiger partial charge < -0.3 is 34.5 Å². The summed E-state index contributed by atoms with van der Waals surface area (Å²) >= 11 is 0. The molecule has 0 bridgehead atoms. The van der Waals surface area contributed by atoms with E-state index in [2.05, 4.69) is 15.6 Å². The smallest absolute Gasteiger partial charge is 0.407 e. The maximum atomic E-state index is 13.7. The number of anilines is 2. The first-order valence-corrected chi connectivity index (χ1v) is 15.1. The highest BCUT2D eigenvalue weighted by atomic mass is 16.6. The number of alkyl carbamates (subject to hydrolysis) is 1. The number of nitrogens with zero attached hydrogens (tertiary/aromatic N) is 5. The van der Waals surface area contributed by atoms with Crippen LogP contribution in [0.1, 0.15) is 39.8 Å². The molecular formula is C32H35N7O7. The largest absolute Gasteiger partial charge is 0.486 e. The van der Waals surface area contributed by atoms with Crippen LogP contribution in [0.5, 0.6) is 11.5 Å². The van der Waals surface area contributed by atoms with Gasteiger partial charge in [-0.2, -0.15) is 0 Å². The van der Waals surface area contributed by atoms with E-state index in [1.807, 2.05) is 12.1 Å². The number of methoxy groups -OCH3 is 1. The van der Waals surface area contributed by atoms with Crippen molar-refractivity contribution in [3.8, 4) is 22.8 Å². The zero-order valence-corrected chi connectivity index (χ0v) is 25.2. The Morgan fingerprint density at radius 3 is 2.63 bits per heavy atom. The number of morpholine rings is 1. The summed E-state index contributed by atoms with van der Waals surface area (Å²) in [5.74, 6) is 1.60. The molecule has 3 aromatic heterocycles. The van der Waals surface area contributed by atoms with Crippen LogP contribution in [0, 0.1) is 0 Å². The lowest BCUT2D eigenvalue weighted by molar-refractivity contribution is 0.0303. The summed E-state index contributed by atoms with van der Waals surface area (Å²) in [5, 5.41) is 5.95. The first-order chi connectivity index (χ1) is 23.6. The molecule has 0 spiro atoms. The van der Waals surface area contributed by atoms with Gasteiger partial charge in [-0.05, 0) is 49.6 Å². The molecule has 2 N–H and O–H groups in total. The molecule has 7 rings (SSSR count). The molecule has 1 saturated carbocycles. The van der Waals surface area contributed by atoms with Gasteiger partial charge in [-0.1, -0.05) is 0 Å². The summed E-state index contributed by atoms with van der Waals surface area (Å²) in [7, 11) is 1.28. The van der Waals surface area contributed by atoms with Gasteiger partial charge in [0.1, 0.15) is 24.8 Å². The number of hydrogen-bond acceptors (Lipinski definition) is 10. The Labute approximate surface area is 268 Å². The monoisotopic (exact) mass is 632 g/mol. The average molecular weight is 633 g/mol. The number of pyridine rings is 2. The Hall–Kier alpha value is -5.11. The number of carbonyl (C=O) groups excluding carboxylic acids is 2. The topological polar surface area (TPSA) is 151 Å². The van der Waals surface area contributed by atoms with E-state index in [0.717, 1.165) is 4.57 Å². The summed E-state index contributed by atoms with van der Waals surface area (Å²) < 4.78 is 48.1. The highest BCUT2D eigenvalue weighted by Gasteiger charge is 2.30. The van der Waals surface area contributed by atoms with Crippen LogP contribution < -0.4 is 25.8 Å². The quantitative estimate of drug-likeness (QED) is 0.324. The Morgan fingerprint density at radius 2 is 1.83 bits per heavy atom. The molecule has 4 aromatic rings. The van der Waals surface area contributed by atoms with Gasteiger partial charge in [0.2, 0.25) is 0 Å². The molecule has 0 radical (unpaired) electrons. The third-order valence-corrected chi connectivity index (χ3v) is 8.50. The normalized spacial score (nSPS) is 20.5. The molecule has 14 nitrogen and oxygen atoms in total. The second-order valence-electron chi connectivity index (χ2n) is 11.4. The summed E-state index contributed by atoms with van der Waals surface area (Å²) in [5.41, 5.74) is 1.39. The highest BCUT2D eigenvalue weighted by Crippen LogP contribution is 2.36. The molecule has 3 aliphatic rings. The van der Waals surface area contributed by atoms with Crippen molar-refractivity contribution < 1.29 is 32.6 Å². The SMILES string of the molecule is [2H]C([2H])([2H])n1c(=O)n([C@@H]2CC[C@@H](NC(=O)OC)C2)c2cc(Nc3cc(C(=O)N4CCOCC4)cc(-c4ccc5c(c4)OCCO5)n3)ncc21. The molecule has 1 saturated heterocycles. The number of nitrogens with one attached hydrogen (secondary N) is 2. The summed E-state index contributed by atoms with van der Waals surface area (Å²) in [6.45, 7) is -0.0911. The van der Waals surface area contributed by atoms with Crippen LogP contribution in [0.3, 0.4) is 0 Å². The fourth-order valence-corrected chi connectivity index (χ4v) is 6.24. The highest BCUT2D eigenvalue weighted by molar-refractivity contribution is 5.96. The van der Waals surface area contributed by atoms with E-state index in [1.165, 1.54) is 17.9 Å². The number of benzene rings is 1.